The van der Waals surface area contributed by atoms with Crippen molar-refractivity contribution in [3.8, 4) is 0 Å². The van der Waals surface area contributed by atoms with Crippen molar-refractivity contribution in [3.63, 3.8) is 0 Å². The van der Waals surface area contributed by atoms with E-state index in [0.717, 1.165) is 36.2 Å². The summed E-state index contributed by atoms with van der Waals surface area (Å²) in [6.45, 7) is 2.00. The first-order chi connectivity index (χ1) is 11.0. The molecule has 3 rings (SSSR count). The largest absolute Gasteiger partial charge is 0.325 e. The van der Waals surface area contributed by atoms with Gasteiger partial charge in [0.1, 0.15) is 0 Å². The summed E-state index contributed by atoms with van der Waals surface area (Å²) in [5, 5.41) is 6.38. The number of anilines is 2. The van der Waals surface area contributed by atoms with Gasteiger partial charge in [-0.1, -0.05) is 12.1 Å². The van der Waals surface area contributed by atoms with Crippen molar-refractivity contribution in [1.29, 1.82) is 0 Å². The molecule has 0 saturated heterocycles. The molecule has 1 heterocycles. The zero-order valence-corrected chi connectivity index (χ0v) is 14.5. The second-order valence-corrected chi connectivity index (χ2v) is 7.28. The molecule has 0 fully saturated rings. The van der Waals surface area contributed by atoms with Crippen molar-refractivity contribution in [1.82, 2.24) is 9.88 Å². The number of carbonyl (C=O) groups is 1. The zero-order chi connectivity index (χ0) is 16.4. The topological polar surface area (TPSA) is 57.3 Å². The Morgan fingerprint density at radius 1 is 1.35 bits per heavy atom. The Bertz CT molecular complexity index is 710. The van der Waals surface area contributed by atoms with Crippen LogP contribution in [0, 0.1) is 6.92 Å². The monoisotopic (exact) mass is 330 g/mol. The highest BCUT2D eigenvalue weighted by atomic mass is 32.1. The summed E-state index contributed by atoms with van der Waals surface area (Å²) < 4.78 is 0. The predicted octanol–water partition coefficient (Wildman–Crippen LogP) is 3.51. The van der Waals surface area contributed by atoms with Gasteiger partial charge in [0.05, 0.1) is 5.69 Å². The number of thiazole rings is 1. The van der Waals surface area contributed by atoms with Crippen LogP contribution >= 0.6 is 11.3 Å². The third-order valence-corrected chi connectivity index (χ3v) is 5.18. The summed E-state index contributed by atoms with van der Waals surface area (Å²) in [6.07, 6.45) is 3.12. The van der Waals surface area contributed by atoms with Crippen molar-refractivity contribution in [2.45, 2.75) is 32.2 Å². The van der Waals surface area contributed by atoms with E-state index in [9.17, 15) is 4.79 Å². The molecule has 0 saturated carbocycles. The van der Waals surface area contributed by atoms with Crippen LogP contribution in [0.25, 0.3) is 0 Å². The van der Waals surface area contributed by atoms with Crippen LogP contribution in [0.1, 0.15) is 22.6 Å². The van der Waals surface area contributed by atoms with Gasteiger partial charge >= 0.3 is 6.03 Å². The number of nitrogens with one attached hydrogen (secondary N) is 2. The number of rotatable bonds is 3. The molecule has 0 spiro atoms. The highest BCUT2D eigenvalue weighted by molar-refractivity contribution is 7.15. The lowest BCUT2D eigenvalue weighted by molar-refractivity contribution is 0.262. The molecule has 122 valence electrons. The van der Waals surface area contributed by atoms with Gasteiger partial charge in [0.2, 0.25) is 0 Å². The van der Waals surface area contributed by atoms with Crippen LogP contribution in [-0.2, 0) is 12.8 Å². The van der Waals surface area contributed by atoms with Gasteiger partial charge in [0.25, 0.3) is 0 Å². The maximum Gasteiger partial charge on any atom is 0.325 e. The second kappa shape index (κ2) is 6.68. The van der Waals surface area contributed by atoms with Gasteiger partial charge in [0, 0.05) is 16.6 Å². The maximum absolute atomic E-state index is 12.1. The molecule has 2 aromatic rings. The van der Waals surface area contributed by atoms with Crippen LogP contribution in [0.2, 0.25) is 0 Å². The summed E-state index contributed by atoms with van der Waals surface area (Å²) in [5.74, 6) is 0. The Hall–Kier alpha value is -1.92. The summed E-state index contributed by atoms with van der Waals surface area (Å²) >= 11 is 1.59. The quantitative estimate of drug-likeness (QED) is 0.905. The van der Waals surface area contributed by atoms with E-state index in [2.05, 4.69) is 34.6 Å². The fourth-order valence-electron chi connectivity index (χ4n) is 2.83. The minimum atomic E-state index is -0.245. The van der Waals surface area contributed by atoms with Gasteiger partial charge in [-0.2, -0.15) is 0 Å². The van der Waals surface area contributed by atoms with E-state index < -0.39 is 0 Å². The Morgan fingerprint density at radius 3 is 2.91 bits per heavy atom. The molecule has 1 aromatic carbocycles. The van der Waals surface area contributed by atoms with Crippen LogP contribution in [-0.4, -0.2) is 36.1 Å². The van der Waals surface area contributed by atoms with Gasteiger partial charge in [-0.25, -0.2) is 9.78 Å². The van der Waals surface area contributed by atoms with E-state index in [1.165, 1.54) is 4.88 Å². The minimum Gasteiger partial charge on any atom is -0.308 e. The van der Waals surface area contributed by atoms with Gasteiger partial charge in [0.15, 0.2) is 5.13 Å². The predicted molar refractivity (Wildman–Crippen MR) is 95.4 cm³/mol. The van der Waals surface area contributed by atoms with E-state index in [4.69, 9.17) is 0 Å². The lowest BCUT2D eigenvalue weighted by atomic mass is 9.97. The third kappa shape index (κ3) is 3.89. The third-order valence-electron chi connectivity index (χ3n) is 4.14. The number of likely N-dealkylation sites (N-methyl/N-ethyl adjacent to an activating group) is 1. The molecule has 1 unspecified atom stereocenters. The number of amides is 2. The SMILES string of the molecule is Cc1cccc(NC(=O)Nc2nc3c(s2)CC(N(C)C)CC3)c1. The molecule has 0 radical (unpaired) electrons. The van der Waals surface area contributed by atoms with E-state index in [-0.39, 0.29) is 6.03 Å². The summed E-state index contributed by atoms with van der Waals surface area (Å²) in [5.41, 5.74) is 3.04. The zero-order valence-electron chi connectivity index (χ0n) is 13.7. The van der Waals surface area contributed by atoms with Crippen molar-refractivity contribution < 1.29 is 4.79 Å². The number of urea groups is 1. The second-order valence-electron chi connectivity index (χ2n) is 6.20. The number of fused-ring (bicyclic) bond motifs is 1. The highest BCUT2D eigenvalue weighted by Gasteiger charge is 2.24. The molecule has 1 aliphatic carbocycles. The summed E-state index contributed by atoms with van der Waals surface area (Å²) in [4.78, 5) is 20.2. The Labute approximate surface area is 140 Å². The normalized spacial score (nSPS) is 17.0. The molecule has 2 N–H and O–H groups in total. The smallest absolute Gasteiger partial charge is 0.308 e. The van der Waals surface area contributed by atoms with Gasteiger partial charge < -0.3 is 10.2 Å². The lowest BCUT2D eigenvalue weighted by Crippen LogP contribution is -2.32. The van der Waals surface area contributed by atoms with E-state index in [0.29, 0.717) is 11.2 Å². The van der Waals surface area contributed by atoms with Crippen LogP contribution in [0.3, 0.4) is 0 Å². The molecule has 2 amide bonds. The molecule has 0 aliphatic heterocycles. The first-order valence-corrected chi connectivity index (χ1v) is 8.62. The van der Waals surface area contributed by atoms with E-state index >= 15 is 0 Å². The van der Waals surface area contributed by atoms with Crippen LogP contribution in [0.15, 0.2) is 24.3 Å². The first kappa shape index (κ1) is 16.0. The minimum absolute atomic E-state index is 0.245. The fraction of sp³-hybridized carbons (Fsp3) is 0.412. The summed E-state index contributed by atoms with van der Waals surface area (Å²) in [6, 6.07) is 8.06. The number of carbonyl (C=O) groups excluding carboxylic acids is 1. The van der Waals surface area contributed by atoms with Crippen LogP contribution in [0.4, 0.5) is 15.6 Å². The van der Waals surface area contributed by atoms with Crippen molar-refractivity contribution in [3.05, 3.63) is 40.4 Å². The molecule has 23 heavy (non-hydrogen) atoms. The van der Waals surface area contributed by atoms with Crippen LogP contribution < -0.4 is 10.6 Å². The Balaban J connectivity index is 1.64. The summed E-state index contributed by atoms with van der Waals surface area (Å²) in [7, 11) is 4.23. The van der Waals surface area contributed by atoms with Gasteiger partial charge in [-0.15, -0.1) is 11.3 Å². The average Bonchev–Trinajstić information content (AvgIpc) is 2.87. The number of aromatic nitrogens is 1. The molecule has 0 bridgehead atoms. The first-order valence-electron chi connectivity index (χ1n) is 7.81. The van der Waals surface area contributed by atoms with Gasteiger partial charge in [-0.05, 0) is 58.0 Å². The molecule has 1 aromatic heterocycles. The molecule has 1 atom stereocenters. The standard InChI is InChI=1S/C17H22N4OS/c1-11-5-4-6-12(9-11)18-16(22)20-17-19-14-8-7-13(21(2)3)10-15(14)23-17/h4-6,9,13H,7-8,10H2,1-3H3,(H2,18,19,20,22). The number of nitrogens with zero attached hydrogens (tertiary/aromatic N) is 2. The molecule has 1 aliphatic rings. The molecular weight excluding hydrogens is 308 g/mol. The molecular formula is C17H22N4OS. The van der Waals surface area contributed by atoms with Crippen molar-refractivity contribution >= 4 is 28.2 Å². The van der Waals surface area contributed by atoms with Gasteiger partial charge in [-0.3, -0.25) is 5.32 Å². The highest BCUT2D eigenvalue weighted by Crippen LogP contribution is 2.31. The number of benzene rings is 1. The number of aryl methyl sites for hydroxylation is 2. The number of hydrogen-bond acceptors (Lipinski definition) is 4. The Morgan fingerprint density at radius 2 is 2.17 bits per heavy atom. The van der Waals surface area contributed by atoms with Crippen molar-refractivity contribution in [2.24, 2.45) is 0 Å². The van der Waals surface area contributed by atoms with E-state index in [1.54, 1.807) is 11.3 Å². The van der Waals surface area contributed by atoms with E-state index in [1.807, 2.05) is 31.2 Å². The van der Waals surface area contributed by atoms with Crippen LogP contribution in [0.5, 0.6) is 0 Å². The maximum atomic E-state index is 12.1. The average molecular weight is 330 g/mol. The lowest BCUT2D eigenvalue weighted by Gasteiger charge is -2.27. The fourth-order valence-corrected chi connectivity index (χ4v) is 3.91. The molecule has 6 heteroatoms. The Kier molecular flexibility index (Phi) is 4.63. The van der Waals surface area contributed by atoms with Crippen molar-refractivity contribution in [2.75, 3.05) is 24.7 Å². The molecule has 5 nitrogen and oxygen atoms in total. The number of hydrogen-bond donors (Lipinski definition) is 2.